The fraction of sp³-hybridized carbons (Fsp3) is 0.714. The van der Waals surface area contributed by atoms with Gasteiger partial charge in [0.15, 0.2) is 0 Å². The summed E-state index contributed by atoms with van der Waals surface area (Å²) in [7, 11) is 1.73. The largest absolute Gasteiger partial charge is 0.508 e. The summed E-state index contributed by atoms with van der Waals surface area (Å²) in [5, 5.41) is 20.6. The second kappa shape index (κ2) is 7.05. The monoisotopic (exact) mass is 332 g/mol. The maximum absolute atomic E-state index is 10.6. The highest BCUT2D eigenvalue weighted by Crippen LogP contribution is 2.58. The predicted molar refractivity (Wildman–Crippen MR) is 96.6 cm³/mol. The lowest BCUT2D eigenvalue weighted by Gasteiger charge is -2.48. The average molecular weight is 332 g/mol. The van der Waals surface area contributed by atoms with Crippen molar-refractivity contribution in [2.24, 2.45) is 29.1 Å². The molecule has 3 nitrogen and oxygen atoms in total. The van der Waals surface area contributed by atoms with Gasteiger partial charge in [-0.3, -0.25) is 0 Å². The van der Waals surface area contributed by atoms with E-state index >= 15 is 0 Å². The number of methoxy groups -OCH3 is 1. The van der Waals surface area contributed by atoms with Crippen molar-refractivity contribution in [2.75, 3.05) is 13.7 Å². The molecular formula is C21H32O3. The highest BCUT2D eigenvalue weighted by Gasteiger charge is 2.53. The van der Waals surface area contributed by atoms with Gasteiger partial charge in [0.25, 0.3) is 0 Å². The Kier molecular flexibility index (Phi) is 5.22. The first-order valence-electron chi connectivity index (χ1n) is 9.38. The molecule has 0 aromatic heterocycles. The topological polar surface area (TPSA) is 49.7 Å². The van der Waals surface area contributed by atoms with Gasteiger partial charge in [-0.1, -0.05) is 19.6 Å². The van der Waals surface area contributed by atoms with E-state index in [1.807, 2.05) is 6.08 Å². The molecule has 2 fully saturated rings. The lowest BCUT2D eigenvalue weighted by Crippen LogP contribution is -2.44. The highest BCUT2D eigenvalue weighted by atomic mass is 16.5. The molecule has 6 atom stereocenters. The first-order valence-corrected chi connectivity index (χ1v) is 9.38. The number of ether oxygens (including phenoxy) is 1. The van der Waals surface area contributed by atoms with Crippen LogP contribution in [-0.2, 0) is 4.74 Å². The van der Waals surface area contributed by atoms with Crippen molar-refractivity contribution >= 4 is 0 Å². The fourth-order valence-electron chi connectivity index (χ4n) is 5.56. The van der Waals surface area contributed by atoms with Crippen molar-refractivity contribution in [3.05, 3.63) is 36.1 Å². The van der Waals surface area contributed by atoms with Crippen LogP contribution in [0.1, 0.15) is 45.4 Å². The summed E-state index contributed by atoms with van der Waals surface area (Å²) in [5.41, 5.74) is 1.02. The van der Waals surface area contributed by atoms with Crippen LogP contribution in [0, 0.1) is 29.1 Å². The molecule has 3 unspecified atom stereocenters. The Labute approximate surface area is 146 Å². The minimum absolute atomic E-state index is 0.0753. The van der Waals surface area contributed by atoms with Crippen LogP contribution in [-0.4, -0.2) is 30.0 Å². The van der Waals surface area contributed by atoms with Crippen LogP contribution in [0.4, 0.5) is 0 Å². The quantitative estimate of drug-likeness (QED) is 0.788. The van der Waals surface area contributed by atoms with Crippen LogP contribution < -0.4 is 0 Å². The Morgan fingerprint density at radius 3 is 2.88 bits per heavy atom. The maximum atomic E-state index is 10.6. The molecule has 0 radical (unpaired) electrons. The van der Waals surface area contributed by atoms with Crippen molar-refractivity contribution in [3.63, 3.8) is 0 Å². The molecule has 134 valence electrons. The molecule has 0 bridgehead atoms. The van der Waals surface area contributed by atoms with E-state index < -0.39 is 0 Å². The van der Waals surface area contributed by atoms with Gasteiger partial charge < -0.3 is 14.9 Å². The Morgan fingerprint density at radius 1 is 1.33 bits per heavy atom. The smallest absolute Gasteiger partial charge is 0.115 e. The van der Waals surface area contributed by atoms with Gasteiger partial charge in [0.2, 0.25) is 0 Å². The van der Waals surface area contributed by atoms with Crippen molar-refractivity contribution < 1.29 is 14.9 Å². The molecule has 3 heteroatoms. The predicted octanol–water partition coefficient (Wildman–Crippen LogP) is 4.40. The minimum atomic E-state index is -0.151. The summed E-state index contributed by atoms with van der Waals surface area (Å²) in [6.45, 7) is 7.13. The van der Waals surface area contributed by atoms with Crippen LogP contribution in [0.15, 0.2) is 36.1 Å². The Morgan fingerprint density at radius 2 is 2.12 bits per heavy atom. The van der Waals surface area contributed by atoms with Crippen LogP contribution >= 0.6 is 0 Å². The molecule has 0 heterocycles. The van der Waals surface area contributed by atoms with Gasteiger partial charge in [0, 0.05) is 13.0 Å². The van der Waals surface area contributed by atoms with Gasteiger partial charge in [-0.15, -0.1) is 0 Å². The standard InChI is InChI=1S/C21H32O3/c1-14-11-17(22)6-4-5-15-9-10-21(2)19(7-8-20(21)23)18(15)12-16(14)13-24-3/h4,6,11,15-16,18-20,22-23H,1,5,7-10,12-13H2,2-3H3/b6-4-,17-11+/t15?,16-,18?,19?,20+,21+/m1/s1. The Bertz CT molecular complexity index is 535. The zero-order chi connectivity index (χ0) is 17.3. The van der Waals surface area contributed by atoms with E-state index in [4.69, 9.17) is 4.74 Å². The molecule has 0 aromatic carbocycles. The van der Waals surface area contributed by atoms with Crippen molar-refractivity contribution in [2.45, 2.75) is 51.6 Å². The van der Waals surface area contributed by atoms with E-state index in [1.54, 1.807) is 13.2 Å². The number of aliphatic hydroxyl groups excluding tert-OH is 2. The van der Waals surface area contributed by atoms with E-state index in [9.17, 15) is 10.2 Å². The maximum Gasteiger partial charge on any atom is 0.115 e. The molecule has 3 aliphatic carbocycles. The van der Waals surface area contributed by atoms with Crippen LogP contribution in [0.25, 0.3) is 0 Å². The van der Waals surface area contributed by atoms with E-state index in [-0.39, 0.29) is 23.2 Å². The molecule has 3 aliphatic rings. The fourth-order valence-corrected chi connectivity index (χ4v) is 5.56. The van der Waals surface area contributed by atoms with E-state index in [2.05, 4.69) is 19.6 Å². The summed E-state index contributed by atoms with van der Waals surface area (Å²) in [4.78, 5) is 0. The minimum Gasteiger partial charge on any atom is -0.508 e. The number of allylic oxidation sites excluding steroid dienone is 3. The molecular weight excluding hydrogens is 300 g/mol. The first kappa shape index (κ1) is 17.8. The SMILES string of the molecule is C=C1/C=C(O)\C=C/CC2CC[C@@]3(C)C(CC[C@@H]3O)C2C[C@@H]1COC. The van der Waals surface area contributed by atoms with E-state index in [0.717, 1.165) is 44.1 Å². The second-order valence-corrected chi connectivity index (χ2v) is 8.34. The molecule has 0 saturated heterocycles. The summed E-state index contributed by atoms with van der Waals surface area (Å²) in [6, 6.07) is 0. The lowest BCUT2D eigenvalue weighted by atomic mass is 9.57. The van der Waals surface area contributed by atoms with Gasteiger partial charge in [-0.05, 0) is 79.4 Å². The number of fused-ring (bicyclic) bond motifs is 3. The summed E-state index contributed by atoms with van der Waals surface area (Å²) in [5.74, 6) is 2.33. The first-order chi connectivity index (χ1) is 11.5. The Hall–Kier alpha value is -1.06. The van der Waals surface area contributed by atoms with Gasteiger partial charge in [0.1, 0.15) is 5.76 Å². The number of aliphatic hydroxyl groups is 2. The normalized spacial score (nSPS) is 46.5. The molecule has 2 N–H and O–H groups in total. The summed E-state index contributed by atoms with van der Waals surface area (Å²) in [6.07, 6.45) is 12.0. The molecule has 3 rings (SSSR count). The third-order valence-corrected chi connectivity index (χ3v) is 7.05. The lowest BCUT2D eigenvalue weighted by molar-refractivity contribution is -0.0399. The second-order valence-electron chi connectivity index (χ2n) is 8.34. The highest BCUT2D eigenvalue weighted by molar-refractivity contribution is 5.26. The zero-order valence-corrected chi connectivity index (χ0v) is 15.1. The molecule has 0 aromatic rings. The molecule has 2 saturated carbocycles. The third-order valence-electron chi connectivity index (χ3n) is 7.05. The molecule has 0 aliphatic heterocycles. The van der Waals surface area contributed by atoms with Crippen molar-refractivity contribution in [3.8, 4) is 0 Å². The molecule has 0 spiro atoms. The molecule has 24 heavy (non-hydrogen) atoms. The van der Waals surface area contributed by atoms with E-state index in [1.165, 1.54) is 0 Å². The van der Waals surface area contributed by atoms with Crippen LogP contribution in [0.5, 0.6) is 0 Å². The summed E-state index contributed by atoms with van der Waals surface area (Å²) < 4.78 is 5.45. The number of rotatable bonds is 2. The Balaban J connectivity index is 1.91. The average Bonchev–Trinajstić information content (AvgIpc) is 2.84. The van der Waals surface area contributed by atoms with E-state index in [0.29, 0.717) is 24.4 Å². The zero-order valence-electron chi connectivity index (χ0n) is 15.1. The van der Waals surface area contributed by atoms with Crippen molar-refractivity contribution in [1.82, 2.24) is 0 Å². The van der Waals surface area contributed by atoms with Gasteiger partial charge >= 0.3 is 0 Å². The third kappa shape index (κ3) is 3.21. The van der Waals surface area contributed by atoms with Gasteiger partial charge in [-0.2, -0.15) is 0 Å². The van der Waals surface area contributed by atoms with Gasteiger partial charge in [-0.25, -0.2) is 0 Å². The van der Waals surface area contributed by atoms with Crippen molar-refractivity contribution in [1.29, 1.82) is 0 Å². The molecule has 0 amide bonds. The summed E-state index contributed by atoms with van der Waals surface area (Å²) >= 11 is 0. The number of hydrogen-bond donors (Lipinski definition) is 2. The van der Waals surface area contributed by atoms with Gasteiger partial charge in [0.05, 0.1) is 12.7 Å². The number of hydrogen-bond acceptors (Lipinski definition) is 3. The van der Waals surface area contributed by atoms with Crippen LogP contribution in [0.3, 0.4) is 0 Å². The van der Waals surface area contributed by atoms with Crippen LogP contribution in [0.2, 0.25) is 0 Å².